The van der Waals surface area contributed by atoms with Crippen LogP contribution in [0, 0.1) is 6.85 Å². The summed E-state index contributed by atoms with van der Waals surface area (Å²) in [5, 5.41) is 3.73. The van der Waals surface area contributed by atoms with Crippen LogP contribution in [-0.4, -0.2) is 23.1 Å². The van der Waals surface area contributed by atoms with Crippen molar-refractivity contribution < 1.29 is 13.6 Å². The number of nitrogens with zero attached hydrogens (tertiary/aromatic N) is 1. The molecule has 0 aliphatic carbocycles. The lowest BCUT2D eigenvalue weighted by molar-refractivity contribution is 0.0526. The molecule has 4 heteroatoms. The van der Waals surface area contributed by atoms with Gasteiger partial charge in [-0.1, -0.05) is 0 Å². The number of aryl methyl sites for hydroxylation is 1. The van der Waals surface area contributed by atoms with E-state index in [4.69, 9.17) is 8.85 Å². The highest BCUT2D eigenvalue weighted by atomic mass is 16.5. The zero-order valence-electron chi connectivity index (χ0n) is 15.8. The molecular formula is C17H22N2O2. The SMILES string of the molecule is [2H]C([2H])([2H])c1cc2cc(C(=O)OCC)ccc2nc1NC(C)(C)C. The Morgan fingerprint density at radius 2 is 2.14 bits per heavy atom. The molecule has 4 nitrogen and oxygen atoms in total. The number of fused-ring (bicyclic) bond motifs is 1. The first-order valence-electron chi connectivity index (χ1n) is 8.42. The average Bonchev–Trinajstić information content (AvgIpc) is 2.43. The summed E-state index contributed by atoms with van der Waals surface area (Å²) in [5.41, 5.74) is 0.791. The maximum absolute atomic E-state index is 11.9. The van der Waals surface area contributed by atoms with Crippen molar-refractivity contribution in [2.45, 2.75) is 40.1 Å². The number of carbonyl (C=O) groups is 1. The number of carbonyl (C=O) groups excluding carboxylic acids is 1. The smallest absolute Gasteiger partial charge is 0.338 e. The molecule has 2 aromatic rings. The van der Waals surface area contributed by atoms with Gasteiger partial charge in [-0.3, -0.25) is 0 Å². The highest BCUT2D eigenvalue weighted by Gasteiger charge is 2.14. The second-order valence-electron chi connectivity index (χ2n) is 5.89. The van der Waals surface area contributed by atoms with E-state index in [2.05, 4.69) is 10.3 Å². The molecule has 0 spiro atoms. The molecule has 0 unspecified atom stereocenters. The number of benzene rings is 1. The predicted molar refractivity (Wildman–Crippen MR) is 85.8 cm³/mol. The van der Waals surface area contributed by atoms with Crippen LogP contribution in [-0.2, 0) is 4.74 Å². The molecule has 2 rings (SSSR count). The van der Waals surface area contributed by atoms with E-state index in [-0.39, 0.29) is 17.7 Å². The standard InChI is InChI=1S/C17H22N2O2/c1-6-21-16(20)12-7-8-14-13(10-12)9-11(2)15(18-14)19-17(3,4)5/h7-10H,6H2,1-5H3,(H,18,19)/i2D3. The topological polar surface area (TPSA) is 51.2 Å². The predicted octanol–water partition coefficient (Wildman–Crippen LogP) is 3.93. The summed E-state index contributed by atoms with van der Waals surface area (Å²) in [6.45, 7) is 5.51. The number of nitrogens with one attached hydrogen (secondary N) is 1. The lowest BCUT2D eigenvalue weighted by Crippen LogP contribution is -2.27. The number of ether oxygens (including phenoxy) is 1. The minimum Gasteiger partial charge on any atom is -0.462 e. The largest absolute Gasteiger partial charge is 0.462 e. The first-order valence-corrected chi connectivity index (χ1v) is 6.92. The summed E-state index contributed by atoms with van der Waals surface area (Å²) in [5.74, 6) is -0.106. The highest BCUT2D eigenvalue weighted by molar-refractivity contribution is 5.95. The van der Waals surface area contributed by atoms with Crippen LogP contribution in [0.2, 0.25) is 0 Å². The van der Waals surface area contributed by atoms with Crippen molar-refractivity contribution in [2.75, 3.05) is 11.9 Å². The van der Waals surface area contributed by atoms with Crippen molar-refractivity contribution in [1.82, 2.24) is 4.98 Å². The van der Waals surface area contributed by atoms with E-state index in [1.807, 2.05) is 20.8 Å². The molecule has 1 heterocycles. The van der Waals surface area contributed by atoms with Crippen LogP contribution < -0.4 is 5.32 Å². The third kappa shape index (κ3) is 3.72. The van der Waals surface area contributed by atoms with Crippen LogP contribution in [0.4, 0.5) is 5.82 Å². The number of esters is 1. The maximum Gasteiger partial charge on any atom is 0.338 e. The van der Waals surface area contributed by atoms with Crippen LogP contribution in [0.3, 0.4) is 0 Å². The molecule has 21 heavy (non-hydrogen) atoms. The molecule has 0 radical (unpaired) electrons. The van der Waals surface area contributed by atoms with Crippen molar-refractivity contribution in [1.29, 1.82) is 0 Å². The molecule has 0 atom stereocenters. The van der Waals surface area contributed by atoms with Crippen molar-refractivity contribution in [3.8, 4) is 0 Å². The van der Waals surface area contributed by atoms with E-state index >= 15 is 0 Å². The van der Waals surface area contributed by atoms with Gasteiger partial charge in [-0.2, -0.15) is 0 Å². The van der Waals surface area contributed by atoms with Crippen molar-refractivity contribution in [3.05, 3.63) is 35.4 Å². The molecule has 0 amide bonds. The van der Waals surface area contributed by atoms with Crippen molar-refractivity contribution in [3.63, 3.8) is 0 Å². The van der Waals surface area contributed by atoms with Crippen LogP contribution in [0.1, 0.15) is 47.7 Å². The van der Waals surface area contributed by atoms with E-state index in [0.717, 1.165) is 0 Å². The molecule has 1 aromatic heterocycles. The second-order valence-corrected chi connectivity index (χ2v) is 5.89. The zero-order chi connectivity index (χ0) is 18.1. The van der Waals surface area contributed by atoms with Gasteiger partial charge >= 0.3 is 5.97 Å². The number of hydrogen-bond acceptors (Lipinski definition) is 4. The third-order valence-corrected chi connectivity index (χ3v) is 2.82. The Hall–Kier alpha value is -2.10. The van der Waals surface area contributed by atoms with Crippen LogP contribution in [0.15, 0.2) is 24.3 Å². The minimum absolute atomic E-state index is 0.130. The summed E-state index contributed by atoms with van der Waals surface area (Å²) in [4.78, 5) is 16.3. The molecule has 0 saturated carbocycles. The van der Waals surface area contributed by atoms with Gasteiger partial charge in [-0.15, -0.1) is 0 Å². The summed E-state index contributed by atoms with van der Waals surface area (Å²) in [6, 6.07) is 6.49. The monoisotopic (exact) mass is 289 g/mol. The number of pyridine rings is 1. The Morgan fingerprint density at radius 3 is 2.76 bits per heavy atom. The molecular weight excluding hydrogens is 264 g/mol. The number of anilines is 1. The summed E-state index contributed by atoms with van der Waals surface area (Å²) in [7, 11) is 0. The van der Waals surface area contributed by atoms with E-state index < -0.39 is 12.8 Å². The lowest BCUT2D eigenvalue weighted by atomic mass is 10.1. The molecule has 0 bridgehead atoms. The fourth-order valence-electron chi connectivity index (χ4n) is 1.97. The maximum atomic E-state index is 11.9. The first kappa shape index (κ1) is 11.5. The molecule has 0 saturated heterocycles. The number of aromatic nitrogens is 1. The first-order chi connectivity index (χ1) is 11.0. The zero-order valence-corrected chi connectivity index (χ0v) is 12.8. The molecule has 0 fully saturated rings. The van der Waals surface area contributed by atoms with Gasteiger partial charge < -0.3 is 10.1 Å². The Morgan fingerprint density at radius 1 is 1.38 bits per heavy atom. The summed E-state index contributed by atoms with van der Waals surface area (Å²) in [6.07, 6.45) is 0. The van der Waals surface area contributed by atoms with Crippen LogP contribution >= 0.6 is 0 Å². The van der Waals surface area contributed by atoms with Crippen molar-refractivity contribution >= 4 is 22.7 Å². The molecule has 0 aliphatic rings. The van der Waals surface area contributed by atoms with Gasteiger partial charge in [0.05, 0.1) is 17.7 Å². The second kappa shape index (κ2) is 5.72. The molecule has 112 valence electrons. The summed E-state index contributed by atoms with van der Waals surface area (Å²) < 4.78 is 28.3. The van der Waals surface area contributed by atoms with Gasteiger partial charge in [0.25, 0.3) is 0 Å². The van der Waals surface area contributed by atoms with E-state index in [1.54, 1.807) is 31.2 Å². The highest BCUT2D eigenvalue weighted by Crippen LogP contribution is 2.23. The Balaban J connectivity index is 2.60. The Bertz CT molecular complexity index is 765. The van der Waals surface area contributed by atoms with E-state index in [0.29, 0.717) is 22.3 Å². The molecule has 1 aromatic carbocycles. The average molecular weight is 289 g/mol. The third-order valence-electron chi connectivity index (χ3n) is 2.82. The number of rotatable bonds is 3. The van der Waals surface area contributed by atoms with Gasteiger partial charge in [-0.05, 0) is 64.4 Å². The van der Waals surface area contributed by atoms with Gasteiger partial charge in [0, 0.05) is 15.0 Å². The van der Waals surface area contributed by atoms with E-state index in [9.17, 15) is 4.79 Å². The van der Waals surface area contributed by atoms with Gasteiger partial charge in [0.1, 0.15) is 5.82 Å². The molecule has 0 aliphatic heterocycles. The Kier molecular flexibility index (Phi) is 3.14. The lowest BCUT2D eigenvalue weighted by Gasteiger charge is -2.23. The van der Waals surface area contributed by atoms with Gasteiger partial charge in [0.2, 0.25) is 0 Å². The van der Waals surface area contributed by atoms with Crippen LogP contribution in [0.5, 0.6) is 0 Å². The van der Waals surface area contributed by atoms with Crippen molar-refractivity contribution in [2.24, 2.45) is 0 Å². The van der Waals surface area contributed by atoms with E-state index in [1.165, 1.54) is 0 Å². The Labute approximate surface area is 129 Å². The quantitative estimate of drug-likeness (QED) is 0.870. The fourth-order valence-corrected chi connectivity index (χ4v) is 1.97. The fraction of sp³-hybridized carbons (Fsp3) is 0.412. The number of hydrogen-bond donors (Lipinski definition) is 1. The van der Waals surface area contributed by atoms with Crippen LogP contribution in [0.25, 0.3) is 10.9 Å². The normalized spacial score (nSPS) is 14.2. The summed E-state index contributed by atoms with van der Waals surface area (Å²) >= 11 is 0. The minimum atomic E-state index is -2.31. The van der Waals surface area contributed by atoms with Gasteiger partial charge in [-0.25, -0.2) is 9.78 Å². The van der Waals surface area contributed by atoms with Gasteiger partial charge in [0.15, 0.2) is 0 Å². The molecule has 1 N–H and O–H groups in total.